The zero-order valence-electron chi connectivity index (χ0n) is 8.62. The summed E-state index contributed by atoms with van der Waals surface area (Å²) in [7, 11) is 0. The van der Waals surface area contributed by atoms with Crippen molar-refractivity contribution in [1.82, 2.24) is 0 Å². The topological polar surface area (TPSA) is 43.1 Å². The van der Waals surface area contributed by atoms with Gasteiger partial charge in [0, 0.05) is 6.42 Å². The van der Waals surface area contributed by atoms with E-state index in [0.717, 1.165) is 0 Å². The van der Waals surface area contributed by atoms with Crippen molar-refractivity contribution in [3.63, 3.8) is 0 Å². The fourth-order valence-corrected chi connectivity index (χ4v) is 1.51. The first-order chi connectivity index (χ1) is 6.74. The number of amides is 1. The predicted octanol–water partition coefficient (Wildman–Crippen LogP) is 2.06. The second-order valence-electron chi connectivity index (χ2n) is 3.44. The summed E-state index contributed by atoms with van der Waals surface area (Å²) < 4.78 is 0. The largest absolute Gasteiger partial charge is 0.370 e. The highest BCUT2D eigenvalue weighted by atomic mass is 16.1. The number of nitrogens with two attached hydrogens (primary N) is 1. The van der Waals surface area contributed by atoms with E-state index in [-0.39, 0.29) is 5.91 Å². The minimum Gasteiger partial charge on any atom is -0.370 e. The van der Waals surface area contributed by atoms with Gasteiger partial charge >= 0.3 is 0 Å². The molecule has 1 aliphatic carbocycles. The second kappa shape index (κ2) is 5.43. The van der Waals surface area contributed by atoms with Gasteiger partial charge in [-0.05, 0) is 30.4 Å². The van der Waals surface area contributed by atoms with Crippen molar-refractivity contribution in [2.75, 3.05) is 0 Å². The third kappa shape index (κ3) is 3.21. The summed E-state index contributed by atoms with van der Waals surface area (Å²) in [5.41, 5.74) is 7.79. The Labute approximate surface area is 85.1 Å². The molecule has 2 nitrogen and oxygen atoms in total. The first-order valence-electron chi connectivity index (χ1n) is 5.09. The average Bonchev–Trinajstić information content (AvgIpc) is 2.66. The van der Waals surface area contributed by atoms with Gasteiger partial charge in [0.1, 0.15) is 0 Å². The highest BCUT2D eigenvalue weighted by Crippen LogP contribution is 2.20. The summed E-state index contributed by atoms with van der Waals surface area (Å²) in [6.45, 7) is 1.72. The zero-order chi connectivity index (χ0) is 10.4. The maximum Gasteiger partial charge on any atom is 0.217 e. The molecule has 1 amide bonds. The van der Waals surface area contributed by atoms with Gasteiger partial charge in [-0.2, -0.15) is 0 Å². The second-order valence-corrected chi connectivity index (χ2v) is 3.44. The lowest BCUT2D eigenvalue weighted by Crippen LogP contribution is -2.06. The minimum atomic E-state index is -0.245. The molecule has 2 heteroatoms. The molecule has 1 aliphatic rings. The van der Waals surface area contributed by atoms with E-state index in [1.165, 1.54) is 19.3 Å². The lowest BCUT2D eigenvalue weighted by atomic mass is 10.1. The smallest absolute Gasteiger partial charge is 0.217 e. The molecule has 0 fully saturated rings. The molecule has 1 aromatic rings. The molecule has 0 heterocycles. The van der Waals surface area contributed by atoms with E-state index in [2.05, 4.69) is 30.0 Å². The molecule has 0 radical (unpaired) electrons. The van der Waals surface area contributed by atoms with Gasteiger partial charge < -0.3 is 5.73 Å². The first kappa shape index (κ1) is 10.8. The summed E-state index contributed by atoms with van der Waals surface area (Å²) in [4.78, 5) is 9.59. The van der Waals surface area contributed by atoms with E-state index < -0.39 is 0 Å². The first-order valence-corrected chi connectivity index (χ1v) is 5.09. The van der Waals surface area contributed by atoms with Gasteiger partial charge in [-0.1, -0.05) is 31.2 Å². The van der Waals surface area contributed by atoms with E-state index in [4.69, 9.17) is 0 Å². The number of aryl methyl sites for hydroxylation is 2. The number of carbonyl (C=O) groups excluding carboxylic acids is 1. The van der Waals surface area contributed by atoms with Gasteiger partial charge in [-0.15, -0.1) is 0 Å². The molecule has 0 unspecified atom stereocenters. The lowest BCUT2D eigenvalue weighted by Gasteiger charge is -1.93. The third-order valence-electron chi connectivity index (χ3n) is 2.36. The fourth-order valence-electron chi connectivity index (χ4n) is 1.51. The van der Waals surface area contributed by atoms with Crippen LogP contribution in [0.5, 0.6) is 0 Å². The van der Waals surface area contributed by atoms with Crippen LogP contribution in [0, 0.1) is 0 Å². The Morgan fingerprint density at radius 1 is 1.29 bits per heavy atom. The van der Waals surface area contributed by atoms with Crippen LogP contribution in [0.3, 0.4) is 0 Å². The van der Waals surface area contributed by atoms with E-state index in [1.807, 2.05) is 0 Å². The number of rotatable bonds is 1. The predicted molar refractivity (Wildman–Crippen MR) is 58.0 cm³/mol. The van der Waals surface area contributed by atoms with Crippen molar-refractivity contribution in [3.8, 4) is 0 Å². The fraction of sp³-hybridized carbons (Fsp3) is 0.417. The molecular formula is C12H17NO. The quantitative estimate of drug-likeness (QED) is 0.725. The molecule has 0 aliphatic heterocycles. The zero-order valence-corrected chi connectivity index (χ0v) is 8.62. The van der Waals surface area contributed by atoms with Gasteiger partial charge in [0.25, 0.3) is 0 Å². The molecular weight excluding hydrogens is 174 g/mol. The molecule has 0 saturated carbocycles. The Hall–Kier alpha value is -1.31. The Balaban J connectivity index is 0.000000171. The molecule has 2 rings (SSSR count). The molecule has 14 heavy (non-hydrogen) atoms. The SMILES string of the molecule is CCC(N)=O.c1ccc2c(c1)CCC2. The molecule has 76 valence electrons. The lowest BCUT2D eigenvalue weighted by molar-refractivity contribution is -0.117. The Morgan fingerprint density at radius 2 is 1.71 bits per heavy atom. The number of benzene rings is 1. The molecule has 0 spiro atoms. The van der Waals surface area contributed by atoms with Crippen LogP contribution < -0.4 is 5.73 Å². The van der Waals surface area contributed by atoms with Crippen molar-refractivity contribution < 1.29 is 4.79 Å². The highest BCUT2D eigenvalue weighted by Gasteiger charge is 2.07. The Kier molecular flexibility index (Phi) is 4.17. The number of hydrogen-bond donors (Lipinski definition) is 1. The standard InChI is InChI=1S/C9H10.C3H7NO/c1-2-5-9-7-3-6-8(9)4-1;1-2-3(4)5/h1-2,4-5H,3,6-7H2;2H2,1H3,(H2,4,5). The third-order valence-corrected chi connectivity index (χ3v) is 2.36. The van der Waals surface area contributed by atoms with Crippen LogP contribution in [0.2, 0.25) is 0 Å². The molecule has 2 N–H and O–H groups in total. The van der Waals surface area contributed by atoms with Crippen LogP contribution in [-0.4, -0.2) is 5.91 Å². The van der Waals surface area contributed by atoms with Crippen molar-refractivity contribution in [2.45, 2.75) is 32.6 Å². The van der Waals surface area contributed by atoms with Gasteiger partial charge in [0.2, 0.25) is 5.91 Å². The molecule has 0 saturated heterocycles. The summed E-state index contributed by atoms with van der Waals surface area (Å²) in [6.07, 6.45) is 4.41. The van der Waals surface area contributed by atoms with Crippen LogP contribution in [0.1, 0.15) is 30.9 Å². The Morgan fingerprint density at radius 3 is 2.07 bits per heavy atom. The van der Waals surface area contributed by atoms with Crippen molar-refractivity contribution >= 4 is 5.91 Å². The highest BCUT2D eigenvalue weighted by molar-refractivity contribution is 5.73. The van der Waals surface area contributed by atoms with Crippen LogP contribution in [0.4, 0.5) is 0 Å². The van der Waals surface area contributed by atoms with Gasteiger partial charge in [-0.3, -0.25) is 4.79 Å². The van der Waals surface area contributed by atoms with Gasteiger partial charge in [0.05, 0.1) is 0 Å². The van der Waals surface area contributed by atoms with Crippen molar-refractivity contribution in [3.05, 3.63) is 35.4 Å². The van der Waals surface area contributed by atoms with Crippen molar-refractivity contribution in [1.29, 1.82) is 0 Å². The average molecular weight is 191 g/mol. The normalized spacial score (nSPS) is 12.6. The summed E-state index contributed by atoms with van der Waals surface area (Å²) in [5.74, 6) is -0.245. The Bertz CT molecular complexity index is 284. The molecule has 0 bridgehead atoms. The van der Waals surface area contributed by atoms with E-state index in [1.54, 1.807) is 18.1 Å². The maximum atomic E-state index is 9.59. The van der Waals surface area contributed by atoms with Gasteiger partial charge in [0.15, 0.2) is 0 Å². The van der Waals surface area contributed by atoms with E-state index >= 15 is 0 Å². The molecule has 1 aromatic carbocycles. The van der Waals surface area contributed by atoms with E-state index in [0.29, 0.717) is 6.42 Å². The van der Waals surface area contributed by atoms with Crippen LogP contribution in [0.15, 0.2) is 24.3 Å². The van der Waals surface area contributed by atoms with Crippen molar-refractivity contribution in [2.24, 2.45) is 5.73 Å². The van der Waals surface area contributed by atoms with E-state index in [9.17, 15) is 4.79 Å². The molecule has 0 atom stereocenters. The van der Waals surface area contributed by atoms with Crippen LogP contribution >= 0.6 is 0 Å². The number of primary amides is 1. The van der Waals surface area contributed by atoms with Crippen LogP contribution in [0.25, 0.3) is 0 Å². The summed E-state index contributed by atoms with van der Waals surface area (Å²) >= 11 is 0. The number of fused-ring (bicyclic) bond motifs is 1. The summed E-state index contributed by atoms with van der Waals surface area (Å²) in [6, 6.07) is 8.74. The number of carbonyl (C=O) groups is 1. The van der Waals surface area contributed by atoms with Crippen LogP contribution in [-0.2, 0) is 17.6 Å². The summed E-state index contributed by atoms with van der Waals surface area (Å²) in [5, 5.41) is 0. The maximum absolute atomic E-state index is 9.59. The molecule has 0 aromatic heterocycles. The monoisotopic (exact) mass is 191 g/mol. The van der Waals surface area contributed by atoms with Gasteiger partial charge in [-0.25, -0.2) is 0 Å². The minimum absolute atomic E-state index is 0.245. The number of hydrogen-bond acceptors (Lipinski definition) is 1.